The van der Waals surface area contributed by atoms with Gasteiger partial charge in [-0.2, -0.15) is 5.06 Å². The van der Waals surface area contributed by atoms with Crippen LogP contribution in [-0.2, 0) is 12.8 Å². The highest BCUT2D eigenvalue weighted by Crippen LogP contribution is 2.25. The highest BCUT2D eigenvalue weighted by Gasteiger charge is 2.40. The van der Waals surface area contributed by atoms with Crippen molar-refractivity contribution >= 4 is 45.2 Å². The standard InChI is InChI=1S/C20H25I2NO5/c21-19(26)17(15(24)11-13-7-3-1-4-8-13)23(28)18(20(22)27)16(25)12-14-9-5-2-6-10-14/h1-10,15-20,24-28H,11-12H2. The molecule has 6 atom stereocenters. The lowest BCUT2D eigenvalue weighted by Crippen LogP contribution is -2.58. The van der Waals surface area contributed by atoms with E-state index < -0.39 is 32.5 Å². The fourth-order valence-corrected chi connectivity index (χ4v) is 4.74. The van der Waals surface area contributed by atoms with Gasteiger partial charge in [-0.05, 0) is 56.3 Å². The van der Waals surface area contributed by atoms with Crippen LogP contribution >= 0.6 is 45.2 Å². The number of aliphatic hydroxyl groups excluding tert-OH is 4. The number of halogens is 2. The number of alkyl halides is 2. The summed E-state index contributed by atoms with van der Waals surface area (Å²) in [5.74, 6) is 0. The van der Waals surface area contributed by atoms with Gasteiger partial charge >= 0.3 is 0 Å². The summed E-state index contributed by atoms with van der Waals surface area (Å²) in [4.78, 5) is 0. The van der Waals surface area contributed by atoms with Gasteiger partial charge in [-0.1, -0.05) is 60.7 Å². The molecule has 154 valence electrons. The highest BCUT2D eigenvalue weighted by atomic mass is 127. The summed E-state index contributed by atoms with van der Waals surface area (Å²) >= 11 is 3.42. The van der Waals surface area contributed by atoms with Crippen molar-refractivity contribution in [3.05, 3.63) is 71.8 Å². The van der Waals surface area contributed by atoms with Crippen molar-refractivity contribution in [3.63, 3.8) is 0 Å². The average Bonchev–Trinajstić information content (AvgIpc) is 2.62. The Morgan fingerprint density at radius 1 is 0.643 bits per heavy atom. The Bertz CT molecular complexity index is 630. The first-order chi connectivity index (χ1) is 13.3. The zero-order chi connectivity index (χ0) is 20.7. The van der Waals surface area contributed by atoms with E-state index in [9.17, 15) is 25.6 Å². The first-order valence-electron chi connectivity index (χ1n) is 8.86. The largest absolute Gasteiger partial charge is 0.391 e. The molecule has 28 heavy (non-hydrogen) atoms. The van der Waals surface area contributed by atoms with Gasteiger partial charge in [0.15, 0.2) is 0 Å². The van der Waals surface area contributed by atoms with Gasteiger partial charge in [-0.3, -0.25) is 0 Å². The van der Waals surface area contributed by atoms with E-state index in [0.717, 1.165) is 11.1 Å². The fraction of sp³-hybridized carbons (Fsp3) is 0.400. The van der Waals surface area contributed by atoms with Gasteiger partial charge in [0.2, 0.25) is 0 Å². The summed E-state index contributed by atoms with van der Waals surface area (Å²) in [6.07, 6.45) is -1.80. The van der Waals surface area contributed by atoms with Crippen molar-refractivity contribution in [2.75, 3.05) is 0 Å². The summed E-state index contributed by atoms with van der Waals surface area (Å²) in [5.41, 5.74) is 1.70. The Morgan fingerprint density at radius 3 is 1.25 bits per heavy atom. The van der Waals surface area contributed by atoms with E-state index in [1.807, 2.05) is 60.7 Å². The third kappa shape index (κ3) is 6.87. The number of hydrogen-bond acceptors (Lipinski definition) is 6. The minimum Gasteiger partial charge on any atom is -0.391 e. The zero-order valence-electron chi connectivity index (χ0n) is 15.1. The lowest BCUT2D eigenvalue weighted by atomic mass is 9.98. The Balaban J connectivity index is 2.17. The van der Waals surface area contributed by atoms with Crippen LogP contribution in [0.2, 0.25) is 0 Å². The van der Waals surface area contributed by atoms with Crippen molar-refractivity contribution in [1.82, 2.24) is 5.06 Å². The highest BCUT2D eigenvalue weighted by molar-refractivity contribution is 14.1. The molecule has 0 aromatic heterocycles. The average molecular weight is 613 g/mol. The monoisotopic (exact) mass is 613 g/mol. The van der Waals surface area contributed by atoms with Crippen LogP contribution in [0.5, 0.6) is 0 Å². The Kier molecular flexibility index (Phi) is 10.0. The Labute approximate surface area is 192 Å². The first kappa shape index (κ1) is 23.9. The SMILES string of the molecule is OC(I)C(C(O)Cc1ccccc1)N(O)C(C(O)I)C(O)Cc1ccccc1. The second-order valence-electron chi connectivity index (χ2n) is 6.62. The zero-order valence-corrected chi connectivity index (χ0v) is 19.4. The van der Waals surface area contributed by atoms with E-state index in [0.29, 0.717) is 5.06 Å². The third-order valence-electron chi connectivity index (χ3n) is 4.54. The van der Waals surface area contributed by atoms with Gasteiger partial charge in [-0.25, -0.2) is 0 Å². The smallest absolute Gasteiger partial charge is 0.125 e. The summed E-state index contributed by atoms with van der Waals surface area (Å²) < 4.78 is -2.24. The fourth-order valence-electron chi connectivity index (χ4n) is 3.12. The van der Waals surface area contributed by atoms with E-state index in [2.05, 4.69) is 0 Å². The molecule has 0 spiro atoms. The summed E-state index contributed by atoms with van der Waals surface area (Å²) in [5, 5.41) is 53.2. The van der Waals surface area contributed by atoms with Crippen molar-refractivity contribution in [2.24, 2.45) is 0 Å². The minimum atomic E-state index is -1.12. The van der Waals surface area contributed by atoms with E-state index in [1.165, 1.54) is 0 Å². The molecule has 2 aromatic carbocycles. The van der Waals surface area contributed by atoms with Gasteiger partial charge < -0.3 is 25.6 Å². The van der Waals surface area contributed by atoms with Crippen molar-refractivity contribution in [2.45, 2.75) is 45.4 Å². The molecular weight excluding hydrogens is 588 g/mol. The van der Waals surface area contributed by atoms with E-state index in [1.54, 1.807) is 45.2 Å². The third-order valence-corrected chi connectivity index (χ3v) is 6.01. The summed E-state index contributed by atoms with van der Waals surface area (Å²) in [6.45, 7) is 0. The second-order valence-corrected chi connectivity index (χ2v) is 9.17. The predicted molar refractivity (Wildman–Crippen MR) is 124 cm³/mol. The van der Waals surface area contributed by atoms with Crippen LogP contribution in [0, 0.1) is 0 Å². The molecule has 0 saturated heterocycles. The van der Waals surface area contributed by atoms with E-state index in [4.69, 9.17) is 0 Å². The molecule has 0 radical (unpaired) electrons. The molecule has 0 heterocycles. The maximum Gasteiger partial charge on any atom is 0.125 e. The molecule has 0 fully saturated rings. The number of hydroxylamine groups is 2. The Morgan fingerprint density at radius 2 is 0.964 bits per heavy atom. The first-order valence-corrected chi connectivity index (χ1v) is 11.4. The number of rotatable bonds is 10. The molecule has 2 rings (SSSR count). The molecule has 0 amide bonds. The van der Waals surface area contributed by atoms with Gasteiger partial charge in [0.1, 0.15) is 8.22 Å². The van der Waals surface area contributed by atoms with Crippen LogP contribution in [0.15, 0.2) is 60.7 Å². The molecule has 0 saturated carbocycles. The van der Waals surface area contributed by atoms with Gasteiger partial charge in [0.05, 0.1) is 24.3 Å². The molecule has 0 aliphatic heterocycles. The minimum absolute atomic E-state index is 0.210. The van der Waals surface area contributed by atoms with Gasteiger partial charge in [0, 0.05) is 12.8 Å². The number of nitrogens with zero attached hydrogens (tertiary/aromatic N) is 1. The maximum atomic E-state index is 10.8. The molecular formula is C20H25I2NO5. The number of benzene rings is 2. The molecule has 8 heteroatoms. The van der Waals surface area contributed by atoms with Crippen molar-refractivity contribution in [3.8, 4) is 0 Å². The molecule has 0 aliphatic carbocycles. The lowest BCUT2D eigenvalue weighted by molar-refractivity contribution is -0.222. The van der Waals surface area contributed by atoms with Gasteiger partial charge in [0.25, 0.3) is 0 Å². The van der Waals surface area contributed by atoms with Crippen molar-refractivity contribution < 1.29 is 25.6 Å². The molecule has 5 N–H and O–H groups in total. The molecule has 6 nitrogen and oxygen atoms in total. The van der Waals surface area contributed by atoms with E-state index >= 15 is 0 Å². The Hall–Kier alpha value is -0.340. The molecule has 0 aliphatic rings. The predicted octanol–water partition coefficient (Wildman–Crippen LogP) is 2.13. The van der Waals surface area contributed by atoms with Crippen LogP contribution in [0.25, 0.3) is 0 Å². The topological polar surface area (TPSA) is 104 Å². The normalized spacial score (nSPS) is 18.3. The lowest BCUT2D eigenvalue weighted by Gasteiger charge is -2.39. The summed E-state index contributed by atoms with van der Waals surface area (Å²) in [6, 6.07) is 16.3. The maximum absolute atomic E-state index is 10.8. The quantitative estimate of drug-likeness (QED) is 0.160. The summed E-state index contributed by atoms with van der Waals surface area (Å²) in [7, 11) is 0. The van der Waals surface area contributed by atoms with Crippen LogP contribution in [-0.4, -0.2) is 63.2 Å². The molecule has 6 unspecified atom stereocenters. The van der Waals surface area contributed by atoms with Crippen LogP contribution < -0.4 is 0 Å². The van der Waals surface area contributed by atoms with Gasteiger partial charge in [-0.15, -0.1) is 0 Å². The number of aliphatic hydroxyl groups is 4. The second kappa shape index (κ2) is 11.7. The van der Waals surface area contributed by atoms with Crippen LogP contribution in [0.1, 0.15) is 11.1 Å². The van der Waals surface area contributed by atoms with Crippen LogP contribution in [0.3, 0.4) is 0 Å². The molecule has 0 bridgehead atoms. The van der Waals surface area contributed by atoms with E-state index in [-0.39, 0.29) is 12.8 Å². The van der Waals surface area contributed by atoms with Crippen LogP contribution in [0.4, 0.5) is 0 Å². The molecule has 2 aromatic rings. The number of hydrogen-bond donors (Lipinski definition) is 5. The van der Waals surface area contributed by atoms with Crippen molar-refractivity contribution in [1.29, 1.82) is 0 Å².